The first-order chi connectivity index (χ1) is 12.2. The number of aromatic amines is 1. The highest BCUT2D eigenvalue weighted by atomic mass is 32.1. The maximum Gasteiger partial charge on any atom is 0.216 e. The molecule has 0 radical (unpaired) electrons. The second-order valence-electron chi connectivity index (χ2n) is 4.90. The molecule has 0 bridgehead atoms. The van der Waals surface area contributed by atoms with Gasteiger partial charge in [0.2, 0.25) is 4.77 Å². The Morgan fingerprint density at radius 2 is 2.04 bits per heavy atom. The number of nitriles is 1. The van der Waals surface area contributed by atoms with Gasteiger partial charge in [-0.2, -0.15) is 20.1 Å². The average molecular weight is 353 g/mol. The van der Waals surface area contributed by atoms with Crippen LogP contribution in [0.4, 0.5) is 4.39 Å². The van der Waals surface area contributed by atoms with Crippen molar-refractivity contribution >= 4 is 18.4 Å². The van der Waals surface area contributed by atoms with E-state index < -0.39 is 5.82 Å². The lowest BCUT2D eigenvalue weighted by Gasteiger charge is -2.03. The number of halogens is 1. The van der Waals surface area contributed by atoms with Crippen molar-refractivity contribution in [1.82, 2.24) is 14.9 Å². The smallest absolute Gasteiger partial charge is 0.216 e. The normalized spacial score (nSPS) is 10.7. The molecule has 1 N–H and O–H groups in total. The molecule has 0 aliphatic heterocycles. The van der Waals surface area contributed by atoms with Crippen LogP contribution in [0.3, 0.4) is 0 Å². The molecule has 0 saturated carbocycles. The third-order valence-electron chi connectivity index (χ3n) is 3.27. The van der Waals surface area contributed by atoms with Gasteiger partial charge in [0.1, 0.15) is 17.6 Å². The fourth-order valence-corrected chi connectivity index (χ4v) is 2.29. The molecule has 0 amide bonds. The second-order valence-corrected chi connectivity index (χ2v) is 5.29. The molecule has 25 heavy (non-hydrogen) atoms. The summed E-state index contributed by atoms with van der Waals surface area (Å²) in [5.41, 5.74) is 1.08. The van der Waals surface area contributed by atoms with Crippen LogP contribution in [0.25, 0.3) is 11.4 Å². The van der Waals surface area contributed by atoms with Crippen LogP contribution in [0.5, 0.6) is 5.75 Å². The molecular formula is C17H12FN5OS. The van der Waals surface area contributed by atoms with Crippen molar-refractivity contribution in [2.24, 2.45) is 5.10 Å². The minimum absolute atomic E-state index is 0.0103. The zero-order chi connectivity index (χ0) is 17.6. The summed E-state index contributed by atoms with van der Waals surface area (Å²) in [6.07, 6.45) is 1.57. The van der Waals surface area contributed by atoms with Gasteiger partial charge in [-0.3, -0.25) is 0 Å². The quantitative estimate of drug-likeness (QED) is 0.562. The number of nitrogens with zero attached hydrogens (tertiary/aromatic N) is 4. The molecule has 0 saturated heterocycles. The van der Waals surface area contributed by atoms with E-state index in [9.17, 15) is 4.39 Å². The second kappa shape index (κ2) is 7.51. The minimum atomic E-state index is -0.410. The summed E-state index contributed by atoms with van der Waals surface area (Å²) in [5, 5.41) is 19.4. The van der Waals surface area contributed by atoms with Gasteiger partial charge in [0, 0.05) is 0 Å². The van der Waals surface area contributed by atoms with Gasteiger partial charge in [0.05, 0.1) is 11.8 Å². The highest BCUT2D eigenvalue weighted by Crippen LogP contribution is 2.20. The lowest BCUT2D eigenvalue weighted by Crippen LogP contribution is -1.97. The van der Waals surface area contributed by atoms with Crippen LogP contribution >= 0.6 is 12.2 Å². The van der Waals surface area contributed by atoms with Gasteiger partial charge in [0.25, 0.3) is 0 Å². The Morgan fingerprint density at radius 1 is 1.28 bits per heavy atom. The van der Waals surface area contributed by atoms with E-state index in [1.54, 1.807) is 48.7 Å². The maximum atomic E-state index is 14.0. The average Bonchev–Trinajstić information content (AvgIpc) is 3.00. The van der Waals surface area contributed by atoms with E-state index in [1.165, 1.54) is 10.7 Å². The van der Waals surface area contributed by atoms with Crippen molar-refractivity contribution in [2.45, 2.75) is 0 Å². The highest BCUT2D eigenvalue weighted by molar-refractivity contribution is 7.71. The van der Waals surface area contributed by atoms with E-state index >= 15 is 0 Å². The molecule has 0 spiro atoms. The summed E-state index contributed by atoms with van der Waals surface area (Å²) in [7, 11) is 0. The minimum Gasteiger partial charge on any atom is -0.479 e. The lowest BCUT2D eigenvalue weighted by atomic mass is 10.2. The highest BCUT2D eigenvalue weighted by Gasteiger charge is 2.12. The van der Waals surface area contributed by atoms with Gasteiger partial charge >= 0.3 is 0 Å². The molecule has 0 atom stereocenters. The van der Waals surface area contributed by atoms with Gasteiger partial charge in [-0.25, -0.2) is 9.49 Å². The first-order valence-corrected chi connectivity index (χ1v) is 7.66. The first-order valence-electron chi connectivity index (χ1n) is 7.25. The zero-order valence-corrected chi connectivity index (χ0v) is 13.7. The fourth-order valence-electron chi connectivity index (χ4n) is 2.11. The van der Waals surface area contributed by atoms with Gasteiger partial charge in [0.15, 0.2) is 12.4 Å². The summed E-state index contributed by atoms with van der Waals surface area (Å²) in [5.74, 6) is 0.464. The molecule has 8 heteroatoms. The standard InChI is InChI=1S/C17H12FN5OS/c18-15-4-2-1-3-14(15)16-21-22-17(25)23(16)20-11-12-5-7-13(8-6-12)24-10-9-19/h1-8,11H,10H2,(H,22,25)/b20-11-. The summed E-state index contributed by atoms with van der Waals surface area (Å²) in [6, 6.07) is 15.2. The van der Waals surface area contributed by atoms with Gasteiger partial charge in [-0.05, 0) is 54.2 Å². The lowest BCUT2D eigenvalue weighted by molar-refractivity contribution is 0.368. The maximum absolute atomic E-state index is 14.0. The molecule has 0 aliphatic rings. The molecule has 124 valence electrons. The number of rotatable bonds is 5. The third-order valence-corrected chi connectivity index (χ3v) is 3.54. The molecule has 3 rings (SSSR count). The number of H-pyrrole nitrogens is 1. The van der Waals surface area contributed by atoms with Crippen LogP contribution in [-0.4, -0.2) is 27.7 Å². The van der Waals surface area contributed by atoms with E-state index in [4.69, 9.17) is 22.2 Å². The summed E-state index contributed by atoms with van der Waals surface area (Å²) in [4.78, 5) is 0. The number of hydrogen-bond acceptors (Lipinski definition) is 5. The van der Waals surface area contributed by atoms with Crippen LogP contribution in [0.1, 0.15) is 5.56 Å². The van der Waals surface area contributed by atoms with Crippen molar-refractivity contribution in [3.05, 3.63) is 64.7 Å². The molecule has 6 nitrogen and oxygen atoms in total. The van der Waals surface area contributed by atoms with Crippen LogP contribution in [-0.2, 0) is 0 Å². The SMILES string of the molecule is N#CCOc1ccc(/C=N\n2c(-c3ccccc3F)n[nH]c2=S)cc1. The van der Waals surface area contributed by atoms with E-state index in [0.717, 1.165) is 5.56 Å². The van der Waals surface area contributed by atoms with Gasteiger partial charge in [-0.15, -0.1) is 0 Å². The Kier molecular flexibility index (Phi) is 4.97. The Morgan fingerprint density at radius 3 is 2.76 bits per heavy atom. The zero-order valence-electron chi connectivity index (χ0n) is 12.9. The van der Waals surface area contributed by atoms with E-state index in [1.807, 2.05) is 6.07 Å². The fraction of sp³-hybridized carbons (Fsp3) is 0.0588. The molecule has 1 heterocycles. The number of aromatic nitrogens is 3. The number of benzene rings is 2. The van der Waals surface area contributed by atoms with Crippen molar-refractivity contribution in [3.63, 3.8) is 0 Å². The molecule has 0 unspecified atom stereocenters. The third kappa shape index (κ3) is 3.79. The van der Waals surface area contributed by atoms with E-state index in [-0.39, 0.29) is 17.2 Å². The first kappa shape index (κ1) is 16.5. The summed E-state index contributed by atoms with van der Waals surface area (Å²) >= 11 is 5.16. The predicted octanol–water partition coefficient (Wildman–Crippen LogP) is 3.53. The van der Waals surface area contributed by atoms with Crippen molar-refractivity contribution < 1.29 is 9.13 Å². The van der Waals surface area contributed by atoms with Crippen LogP contribution in [0, 0.1) is 21.9 Å². The molecule has 0 aliphatic carbocycles. The van der Waals surface area contributed by atoms with Crippen molar-refractivity contribution in [1.29, 1.82) is 5.26 Å². The topological polar surface area (TPSA) is 79.0 Å². The Balaban J connectivity index is 1.88. The van der Waals surface area contributed by atoms with Crippen LogP contribution in [0.15, 0.2) is 53.6 Å². The van der Waals surface area contributed by atoms with E-state index in [0.29, 0.717) is 11.3 Å². The number of hydrogen-bond donors (Lipinski definition) is 1. The number of ether oxygens (including phenoxy) is 1. The predicted molar refractivity (Wildman–Crippen MR) is 93.3 cm³/mol. The van der Waals surface area contributed by atoms with Crippen LogP contribution < -0.4 is 4.74 Å². The molecule has 2 aromatic carbocycles. The molecule has 0 fully saturated rings. The Bertz CT molecular complexity index is 1000. The van der Waals surface area contributed by atoms with Gasteiger partial charge < -0.3 is 4.74 Å². The van der Waals surface area contributed by atoms with Crippen molar-refractivity contribution in [3.8, 4) is 23.2 Å². The van der Waals surface area contributed by atoms with Crippen LogP contribution in [0.2, 0.25) is 0 Å². The summed E-state index contributed by atoms with van der Waals surface area (Å²) in [6.45, 7) is -0.0103. The summed E-state index contributed by atoms with van der Waals surface area (Å²) < 4.78 is 20.8. The Labute approximate surface area is 147 Å². The molecule has 1 aromatic heterocycles. The van der Waals surface area contributed by atoms with Gasteiger partial charge in [-0.1, -0.05) is 12.1 Å². The largest absolute Gasteiger partial charge is 0.479 e. The Hall–Kier alpha value is -3.31. The molecular weight excluding hydrogens is 341 g/mol. The van der Waals surface area contributed by atoms with E-state index in [2.05, 4.69) is 15.3 Å². The van der Waals surface area contributed by atoms with Crippen molar-refractivity contribution in [2.75, 3.05) is 6.61 Å². The monoisotopic (exact) mass is 353 g/mol. The number of nitrogens with one attached hydrogen (secondary N) is 1. The molecule has 3 aromatic rings.